The van der Waals surface area contributed by atoms with Crippen LogP contribution in [0.4, 0.5) is 5.69 Å². The molecule has 0 spiro atoms. The van der Waals surface area contributed by atoms with Crippen molar-refractivity contribution < 1.29 is 9.59 Å². The van der Waals surface area contributed by atoms with Gasteiger partial charge in [-0.25, -0.2) is 0 Å². The van der Waals surface area contributed by atoms with E-state index in [1.54, 1.807) is 45.0 Å². The molecule has 1 aromatic carbocycles. The zero-order valence-electron chi connectivity index (χ0n) is 10.0. The van der Waals surface area contributed by atoms with Gasteiger partial charge in [-0.3, -0.25) is 9.59 Å². The number of carbonyl (C=O) groups is 2. The van der Waals surface area contributed by atoms with E-state index in [-0.39, 0.29) is 0 Å². The van der Waals surface area contributed by atoms with E-state index in [0.29, 0.717) is 10.7 Å². The van der Waals surface area contributed by atoms with Gasteiger partial charge in [-0.2, -0.15) is 0 Å². The minimum atomic E-state index is -0.706. The van der Waals surface area contributed by atoms with Gasteiger partial charge in [0, 0.05) is 16.2 Å². The van der Waals surface area contributed by atoms with Crippen LogP contribution in [0, 0.1) is 0 Å². The minimum Gasteiger partial charge on any atom is -0.343 e. The first-order valence-electron chi connectivity index (χ1n) is 5.17. The molecule has 5 heteroatoms. The van der Waals surface area contributed by atoms with Crippen molar-refractivity contribution in [3.8, 4) is 0 Å². The molecule has 4 nitrogen and oxygen atoms in total. The Morgan fingerprint density at radius 3 is 2.35 bits per heavy atom. The number of nitrogens with one attached hydrogen (secondary N) is 2. The standard InChI is InChI=1S/C12H15ClN2O2/c1-12(2,3)15-11(17)10(16)14-9-6-4-5-8(13)7-9/h4-7H,1-3H3,(H,14,16)(H,15,17). The van der Waals surface area contributed by atoms with E-state index in [2.05, 4.69) is 10.6 Å². The summed E-state index contributed by atoms with van der Waals surface area (Å²) >= 11 is 5.76. The molecule has 0 aliphatic heterocycles. The molecule has 0 aliphatic rings. The molecule has 92 valence electrons. The summed E-state index contributed by atoms with van der Waals surface area (Å²) in [7, 11) is 0. The number of rotatable bonds is 1. The Hall–Kier alpha value is -1.55. The van der Waals surface area contributed by atoms with Crippen LogP contribution in [-0.4, -0.2) is 17.4 Å². The number of amides is 2. The van der Waals surface area contributed by atoms with Gasteiger partial charge in [-0.15, -0.1) is 0 Å². The zero-order valence-corrected chi connectivity index (χ0v) is 10.8. The second-order valence-electron chi connectivity index (χ2n) is 4.67. The SMILES string of the molecule is CC(C)(C)NC(=O)C(=O)Nc1cccc(Cl)c1. The van der Waals surface area contributed by atoms with Crippen molar-refractivity contribution in [2.75, 3.05) is 5.32 Å². The highest BCUT2D eigenvalue weighted by molar-refractivity contribution is 6.40. The molecule has 0 saturated heterocycles. The second-order valence-corrected chi connectivity index (χ2v) is 5.11. The van der Waals surface area contributed by atoms with E-state index in [9.17, 15) is 9.59 Å². The minimum absolute atomic E-state index is 0.442. The zero-order chi connectivity index (χ0) is 13.1. The molecule has 1 aromatic rings. The van der Waals surface area contributed by atoms with Crippen LogP contribution in [-0.2, 0) is 9.59 Å². The van der Waals surface area contributed by atoms with Crippen LogP contribution in [0.15, 0.2) is 24.3 Å². The van der Waals surface area contributed by atoms with Crippen molar-refractivity contribution in [2.45, 2.75) is 26.3 Å². The first-order chi connectivity index (χ1) is 7.78. The maximum absolute atomic E-state index is 11.5. The molecule has 17 heavy (non-hydrogen) atoms. The van der Waals surface area contributed by atoms with Gasteiger partial charge < -0.3 is 10.6 Å². The maximum Gasteiger partial charge on any atom is 0.313 e. The Labute approximate surface area is 105 Å². The predicted octanol–water partition coefficient (Wildman–Crippen LogP) is 2.19. The molecule has 2 amide bonds. The Morgan fingerprint density at radius 2 is 1.82 bits per heavy atom. The smallest absolute Gasteiger partial charge is 0.313 e. The molecule has 2 N–H and O–H groups in total. The molecule has 0 heterocycles. The van der Waals surface area contributed by atoms with Crippen molar-refractivity contribution >= 4 is 29.1 Å². The monoisotopic (exact) mass is 254 g/mol. The summed E-state index contributed by atoms with van der Waals surface area (Å²) in [5.74, 6) is -1.38. The van der Waals surface area contributed by atoms with Gasteiger partial charge in [0.25, 0.3) is 0 Å². The largest absolute Gasteiger partial charge is 0.343 e. The van der Waals surface area contributed by atoms with Crippen LogP contribution in [0.5, 0.6) is 0 Å². The highest BCUT2D eigenvalue weighted by Crippen LogP contribution is 2.14. The highest BCUT2D eigenvalue weighted by atomic mass is 35.5. The summed E-state index contributed by atoms with van der Waals surface area (Å²) in [6.07, 6.45) is 0. The average Bonchev–Trinajstić information content (AvgIpc) is 2.14. The van der Waals surface area contributed by atoms with Crippen molar-refractivity contribution in [1.29, 1.82) is 0 Å². The number of hydrogen-bond acceptors (Lipinski definition) is 2. The molecule has 0 aromatic heterocycles. The quantitative estimate of drug-likeness (QED) is 0.755. The van der Waals surface area contributed by atoms with Crippen LogP contribution in [0.2, 0.25) is 5.02 Å². The lowest BCUT2D eigenvalue weighted by molar-refractivity contribution is -0.137. The van der Waals surface area contributed by atoms with Crippen LogP contribution in [0.1, 0.15) is 20.8 Å². The summed E-state index contributed by atoms with van der Waals surface area (Å²) in [6, 6.07) is 6.62. The Kier molecular flexibility index (Phi) is 4.12. The molecule has 0 bridgehead atoms. The molecule has 0 unspecified atom stereocenters. The van der Waals surface area contributed by atoms with E-state index < -0.39 is 17.4 Å². The lowest BCUT2D eigenvalue weighted by Crippen LogP contribution is -2.46. The fraction of sp³-hybridized carbons (Fsp3) is 0.333. The van der Waals surface area contributed by atoms with Crippen molar-refractivity contribution in [3.63, 3.8) is 0 Å². The number of carbonyl (C=O) groups excluding carboxylic acids is 2. The first kappa shape index (κ1) is 13.5. The average molecular weight is 255 g/mol. The van der Waals surface area contributed by atoms with Crippen LogP contribution in [0.25, 0.3) is 0 Å². The van der Waals surface area contributed by atoms with Gasteiger partial charge in [-0.1, -0.05) is 17.7 Å². The van der Waals surface area contributed by atoms with Crippen molar-refractivity contribution in [3.05, 3.63) is 29.3 Å². The van der Waals surface area contributed by atoms with Gasteiger partial charge >= 0.3 is 11.8 Å². The molecule has 0 saturated carbocycles. The fourth-order valence-corrected chi connectivity index (χ4v) is 1.34. The fourth-order valence-electron chi connectivity index (χ4n) is 1.15. The lowest BCUT2D eigenvalue weighted by atomic mass is 10.1. The molecular formula is C12H15ClN2O2. The second kappa shape index (κ2) is 5.19. The topological polar surface area (TPSA) is 58.2 Å². The van der Waals surface area contributed by atoms with Crippen molar-refractivity contribution in [2.24, 2.45) is 0 Å². The lowest BCUT2D eigenvalue weighted by Gasteiger charge is -2.19. The molecule has 0 aliphatic carbocycles. The molecule has 1 rings (SSSR count). The van der Waals surface area contributed by atoms with E-state index in [1.807, 2.05) is 0 Å². The third-order valence-electron chi connectivity index (χ3n) is 1.78. The van der Waals surface area contributed by atoms with Crippen LogP contribution < -0.4 is 10.6 Å². The van der Waals surface area contributed by atoms with Gasteiger partial charge in [0.1, 0.15) is 0 Å². The van der Waals surface area contributed by atoms with E-state index in [4.69, 9.17) is 11.6 Å². The van der Waals surface area contributed by atoms with Gasteiger partial charge in [0.15, 0.2) is 0 Å². The van der Waals surface area contributed by atoms with E-state index in [0.717, 1.165) is 0 Å². The van der Waals surface area contributed by atoms with E-state index in [1.165, 1.54) is 0 Å². The number of benzene rings is 1. The maximum atomic E-state index is 11.5. The summed E-state index contributed by atoms with van der Waals surface area (Å²) in [5.41, 5.74) is 0.0505. The van der Waals surface area contributed by atoms with E-state index >= 15 is 0 Å². The molecular weight excluding hydrogens is 240 g/mol. The first-order valence-corrected chi connectivity index (χ1v) is 5.55. The van der Waals surface area contributed by atoms with Gasteiger partial charge in [0.05, 0.1) is 0 Å². The number of hydrogen-bond donors (Lipinski definition) is 2. The summed E-state index contributed by atoms with van der Waals surface area (Å²) in [4.78, 5) is 23.0. The van der Waals surface area contributed by atoms with Gasteiger partial charge in [-0.05, 0) is 39.0 Å². The Bertz CT molecular complexity index is 438. The Morgan fingerprint density at radius 1 is 1.18 bits per heavy atom. The summed E-state index contributed by atoms with van der Waals surface area (Å²) in [6.45, 7) is 5.41. The van der Waals surface area contributed by atoms with Crippen molar-refractivity contribution in [1.82, 2.24) is 5.32 Å². The van der Waals surface area contributed by atoms with Crippen LogP contribution >= 0.6 is 11.6 Å². The summed E-state index contributed by atoms with van der Waals surface area (Å²) < 4.78 is 0. The highest BCUT2D eigenvalue weighted by Gasteiger charge is 2.20. The normalized spacial score (nSPS) is 10.8. The molecule has 0 radical (unpaired) electrons. The molecule has 0 atom stereocenters. The number of anilines is 1. The summed E-state index contributed by atoms with van der Waals surface area (Å²) in [5, 5.41) is 5.54. The third-order valence-corrected chi connectivity index (χ3v) is 2.01. The number of halogens is 1. The third kappa shape index (κ3) is 4.87. The van der Waals surface area contributed by atoms with Gasteiger partial charge in [0.2, 0.25) is 0 Å². The van der Waals surface area contributed by atoms with Crippen LogP contribution in [0.3, 0.4) is 0 Å². The Balaban J connectivity index is 2.64. The predicted molar refractivity (Wildman–Crippen MR) is 68.0 cm³/mol. The molecule has 0 fully saturated rings.